The number of hydrogen-bond donors (Lipinski definition) is 2. The van der Waals surface area contributed by atoms with Crippen LogP contribution in [0.1, 0.15) is 30.9 Å². The van der Waals surface area contributed by atoms with Gasteiger partial charge in [-0.2, -0.15) is 0 Å². The number of ether oxygens (including phenoxy) is 1. The molecule has 2 rings (SSSR count). The summed E-state index contributed by atoms with van der Waals surface area (Å²) in [6, 6.07) is 5.91. The number of carbonyl (C=O) groups is 1. The Bertz CT molecular complexity index is 496. The Labute approximate surface area is 119 Å². The molecular weight excluding hydrogens is 254 g/mol. The summed E-state index contributed by atoms with van der Waals surface area (Å²) in [6.07, 6.45) is 5.34. The van der Waals surface area contributed by atoms with Crippen molar-refractivity contribution in [3.8, 4) is 5.75 Å². The van der Waals surface area contributed by atoms with Crippen molar-refractivity contribution in [1.29, 1.82) is 0 Å². The van der Waals surface area contributed by atoms with Crippen LogP contribution >= 0.6 is 0 Å². The van der Waals surface area contributed by atoms with Crippen molar-refractivity contribution < 1.29 is 14.6 Å². The second kappa shape index (κ2) is 7.10. The van der Waals surface area contributed by atoms with Crippen molar-refractivity contribution in [3.05, 3.63) is 35.4 Å². The first-order valence-electron chi connectivity index (χ1n) is 7.08. The van der Waals surface area contributed by atoms with Gasteiger partial charge in [0.05, 0.1) is 12.7 Å². The minimum atomic E-state index is -0.463. The SMILES string of the molecule is CCCC(O)CNC(=O)/C=C/c1ccc2c(c1)CCO2. The lowest BCUT2D eigenvalue weighted by atomic mass is 10.1. The van der Waals surface area contributed by atoms with Gasteiger partial charge in [0, 0.05) is 19.0 Å². The fourth-order valence-electron chi connectivity index (χ4n) is 2.19. The molecule has 1 atom stereocenters. The Hall–Kier alpha value is -1.81. The number of fused-ring (bicyclic) bond motifs is 1. The van der Waals surface area contributed by atoms with Gasteiger partial charge >= 0.3 is 0 Å². The van der Waals surface area contributed by atoms with Gasteiger partial charge in [-0.3, -0.25) is 4.79 Å². The van der Waals surface area contributed by atoms with E-state index in [1.807, 2.05) is 25.1 Å². The molecule has 4 heteroatoms. The van der Waals surface area contributed by atoms with E-state index in [0.29, 0.717) is 13.0 Å². The van der Waals surface area contributed by atoms with Gasteiger partial charge in [0.25, 0.3) is 0 Å². The summed E-state index contributed by atoms with van der Waals surface area (Å²) in [6.45, 7) is 3.04. The molecule has 1 aromatic rings. The third kappa shape index (κ3) is 4.10. The van der Waals surface area contributed by atoms with Gasteiger partial charge in [-0.25, -0.2) is 0 Å². The average molecular weight is 275 g/mol. The molecule has 1 aliphatic rings. The Morgan fingerprint density at radius 3 is 3.20 bits per heavy atom. The highest BCUT2D eigenvalue weighted by Gasteiger charge is 2.11. The van der Waals surface area contributed by atoms with Gasteiger partial charge in [0.2, 0.25) is 5.91 Å². The minimum absolute atomic E-state index is 0.183. The Morgan fingerprint density at radius 2 is 2.40 bits per heavy atom. The summed E-state index contributed by atoms with van der Waals surface area (Å²) >= 11 is 0. The molecule has 0 fully saturated rings. The van der Waals surface area contributed by atoms with E-state index in [4.69, 9.17) is 4.74 Å². The molecule has 1 heterocycles. The van der Waals surface area contributed by atoms with Crippen molar-refractivity contribution >= 4 is 12.0 Å². The number of aliphatic hydroxyl groups excluding tert-OH is 1. The van der Waals surface area contributed by atoms with Gasteiger partial charge in [0.15, 0.2) is 0 Å². The third-order valence-corrected chi connectivity index (χ3v) is 3.27. The van der Waals surface area contributed by atoms with Gasteiger partial charge in [0.1, 0.15) is 5.75 Å². The lowest BCUT2D eigenvalue weighted by Gasteiger charge is -2.08. The number of rotatable bonds is 6. The maximum atomic E-state index is 11.6. The zero-order chi connectivity index (χ0) is 14.4. The van der Waals surface area contributed by atoms with Crippen molar-refractivity contribution in [2.24, 2.45) is 0 Å². The van der Waals surface area contributed by atoms with E-state index in [9.17, 15) is 9.90 Å². The number of carbonyl (C=O) groups excluding carboxylic acids is 1. The van der Waals surface area contributed by atoms with Crippen molar-refractivity contribution in [1.82, 2.24) is 5.32 Å². The number of aliphatic hydroxyl groups is 1. The second-order valence-electron chi connectivity index (χ2n) is 4.99. The average Bonchev–Trinajstić information content (AvgIpc) is 2.90. The molecular formula is C16H21NO3. The molecule has 20 heavy (non-hydrogen) atoms. The normalized spacial score (nSPS) is 14.9. The first kappa shape index (κ1) is 14.6. The Kier molecular flexibility index (Phi) is 5.18. The van der Waals surface area contributed by atoms with Crippen LogP contribution in [0.25, 0.3) is 6.08 Å². The fourth-order valence-corrected chi connectivity index (χ4v) is 2.19. The second-order valence-corrected chi connectivity index (χ2v) is 4.99. The van der Waals surface area contributed by atoms with Crippen LogP contribution in [0.4, 0.5) is 0 Å². The van der Waals surface area contributed by atoms with Crippen molar-refractivity contribution in [3.63, 3.8) is 0 Å². The summed E-state index contributed by atoms with van der Waals surface area (Å²) in [5.41, 5.74) is 2.17. The molecule has 0 spiro atoms. The first-order chi connectivity index (χ1) is 9.69. The molecule has 0 bridgehead atoms. The van der Waals surface area contributed by atoms with Crippen LogP contribution in [0.2, 0.25) is 0 Å². The summed E-state index contributed by atoms with van der Waals surface area (Å²) < 4.78 is 5.44. The smallest absolute Gasteiger partial charge is 0.244 e. The summed E-state index contributed by atoms with van der Waals surface area (Å²) in [5, 5.41) is 12.2. The number of amides is 1. The quantitative estimate of drug-likeness (QED) is 0.780. The molecule has 0 aromatic heterocycles. The van der Waals surface area contributed by atoms with E-state index in [-0.39, 0.29) is 5.91 Å². The third-order valence-electron chi connectivity index (χ3n) is 3.27. The van der Waals surface area contributed by atoms with Crippen LogP contribution in [0.3, 0.4) is 0 Å². The largest absolute Gasteiger partial charge is 0.493 e. The Balaban J connectivity index is 1.84. The molecule has 1 aliphatic heterocycles. The molecule has 0 aliphatic carbocycles. The van der Waals surface area contributed by atoms with E-state index in [1.165, 1.54) is 11.6 Å². The van der Waals surface area contributed by atoms with Crippen molar-refractivity contribution in [2.75, 3.05) is 13.2 Å². The maximum Gasteiger partial charge on any atom is 0.244 e. The topological polar surface area (TPSA) is 58.6 Å². The highest BCUT2D eigenvalue weighted by molar-refractivity contribution is 5.91. The minimum Gasteiger partial charge on any atom is -0.493 e. The number of hydrogen-bond acceptors (Lipinski definition) is 3. The van der Waals surface area contributed by atoms with Gasteiger partial charge in [-0.15, -0.1) is 0 Å². The highest BCUT2D eigenvalue weighted by Crippen LogP contribution is 2.26. The van der Waals surface area contributed by atoms with Gasteiger partial charge in [-0.1, -0.05) is 19.4 Å². The molecule has 2 N–H and O–H groups in total. The van der Waals surface area contributed by atoms with E-state index in [2.05, 4.69) is 5.32 Å². The van der Waals surface area contributed by atoms with Crippen LogP contribution in [0.5, 0.6) is 5.75 Å². The summed E-state index contributed by atoms with van der Waals surface area (Å²) in [5.74, 6) is 0.756. The molecule has 1 aromatic carbocycles. The van der Waals surface area contributed by atoms with Gasteiger partial charge < -0.3 is 15.2 Å². The first-order valence-corrected chi connectivity index (χ1v) is 7.08. The van der Waals surface area contributed by atoms with E-state index >= 15 is 0 Å². The fraction of sp³-hybridized carbons (Fsp3) is 0.438. The molecule has 4 nitrogen and oxygen atoms in total. The van der Waals surface area contributed by atoms with Crippen LogP contribution < -0.4 is 10.1 Å². The standard InChI is InChI=1S/C16H21NO3/c1-2-3-14(18)11-17-16(19)7-5-12-4-6-15-13(10-12)8-9-20-15/h4-7,10,14,18H,2-3,8-9,11H2,1H3,(H,17,19)/b7-5+. The molecule has 1 amide bonds. The van der Waals surface area contributed by atoms with E-state index < -0.39 is 6.10 Å². The van der Waals surface area contributed by atoms with Gasteiger partial charge in [-0.05, 0) is 35.8 Å². The molecule has 0 saturated heterocycles. The number of nitrogens with one attached hydrogen (secondary N) is 1. The lowest BCUT2D eigenvalue weighted by Crippen LogP contribution is -2.30. The predicted octanol–water partition coefficient (Wildman–Crippen LogP) is 1.91. The Morgan fingerprint density at radius 1 is 1.55 bits per heavy atom. The summed E-state index contributed by atoms with van der Waals surface area (Å²) in [4.78, 5) is 11.6. The monoisotopic (exact) mass is 275 g/mol. The maximum absolute atomic E-state index is 11.6. The van der Waals surface area contributed by atoms with Crippen LogP contribution in [-0.2, 0) is 11.2 Å². The van der Waals surface area contributed by atoms with Crippen LogP contribution in [-0.4, -0.2) is 30.3 Å². The highest BCUT2D eigenvalue weighted by atomic mass is 16.5. The molecule has 0 saturated carbocycles. The van der Waals surface area contributed by atoms with E-state index in [1.54, 1.807) is 6.08 Å². The van der Waals surface area contributed by atoms with Crippen LogP contribution in [0, 0.1) is 0 Å². The zero-order valence-corrected chi connectivity index (χ0v) is 11.8. The molecule has 0 radical (unpaired) electrons. The lowest BCUT2D eigenvalue weighted by molar-refractivity contribution is -0.116. The predicted molar refractivity (Wildman–Crippen MR) is 78.6 cm³/mol. The summed E-state index contributed by atoms with van der Waals surface area (Å²) in [7, 11) is 0. The van der Waals surface area contributed by atoms with Crippen molar-refractivity contribution in [2.45, 2.75) is 32.3 Å². The van der Waals surface area contributed by atoms with Crippen LogP contribution in [0.15, 0.2) is 24.3 Å². The zero-order valence-electron chi connectivity index (χ0n) is 11.8. The molecule has 108 valence electrons. The number of benzene rings is 1. The van der Waals surface area contributed by atoms with E-state index in [0.717, 1.165) is 30.8 Å². The molecule has 1 unspecified atom stereocenters.